The van der Waals surface area contributed by atoms with E-state index in [9.17, 15) is 5.11 Å². The summed E-state index contributed by atoms with van der Waals surface area (Å²) in [6, 6.07) is 5.30. The van der Waals surface area contributed by atoms with E-state index < -0.39 is 0 Å². The predicted molar refractivity (Wildman–Crippen MR) is 54.9 cm³/mol. The Kier molecular flexibility index (Phi) is 2.49. The molecule has 0 spiro atoms. The first-order valence-corrected chi connectivity index (χ1v) is 4.86. The summed E-state index contributed by atoms with van der Waals surface area (Å²) in [6.07, 6.45) is 3.36. The van der Waals surface area contributed by atoms with Crippen LogP contribution in [0.4, 0.5) is 0 Å². The zero-order chi connectivity index (χ0) is 9.97. The summed E-state index contributed by atoms with van der Waals surface area (Å²) in [7, 11) is 0. The van der Waals surface area contributed by atoms with Crippen molar-refractivity contribution in [3.05, 3.63) is 40.6 Å². The average molecular weight is 254 g/mol. The van der Waals surface area contributed by atoms with Gasteiger partial charge in [-0.15, -0.1) is 5.10 Å². The minimum absolute atomic E-state index is 0.267. The van der Waals surface area contributed by atoms with Gasteiger partial charge in [-0.25, -0.2) is 4.68 Å². The van der Waals surface area contributed by atoms with Crippen LogP contribution in [0.5, 0.6) is 5.75 Å². The van der Waals surface area contributed by atoms with E-state index >= 15 is 0 Å². The number of rotatable bonds is 2. The molecule has 0 aliphatic rings. The highest BCUT2D eigenvalue weighted by Gasteiger charge is 2.02. The van der Waals surface area contributed by atoms with Gasteiger partial charge in [-0.2, -0.15) is 0 Å². The van der Waals surface area contributed by atoms with Crippen LogP contribution in [0.3, 0.4) is 0 Å². The second-order valence-corrected chi connectivity index (χ2v) is 3.79. The molecule has 0 amide bonds. The van der Waals surface area contributed by atoms with Gasteiger partial charge in [0.05, 0.1) is 12.7 Å². The number of phenolic OH excluding ortho intramolecular Hbond substituents is 1. The van der Waals surface area contributed by atoms with Gasteiger partial charge in [0.2, 0.25) is 0 Å². The molecule has 0 saturated heterocycles. The summed E-state index contributed by atoms with van der Waals surface area (Å²) in [5.74, 6) is 0.267. The molecule has 4 nitrogen and oxygen atoms in total. The Labute approximate surface area is 89.3 Å². The largest absolute Gasteiger partial charge is 0.508 e. The Balaban J connectivity index is 2.28. The fourth-order valence-electron chi connectivity index (χ4n) is 1.17. The molecule has 1 N–H and O–H groups in total. The summed E-state index contributed by atoms with van der Waals surface area (Å²) >= 11 is 3.34. The third-order valence-corrected chi connectivity index (χ3v) is 2.34. The summed E-state index contributed by atoms with van der Waals surface area (Å²) in [4.78, 5) is 0. The molecule has 0 aliphatic carbocycles. The maximum absolute atomic E-state index is 9.55. The smallest absolute Gasteiger partial charge is 0.120 e. The van der Waals surface area contributed by atoms with Gasteiger partial charge in [0.1, 0.15) is 5.75 Å². The highest BCUT2D eigenvalue weighted by atomic mass is 79.9. The molecule has 5 heteroatoms. The van der Waals surface area contributed by atoms with Crippen LogP contribution in [0, 0.1) is 0 Å². The van der Waals surface area contributed by atoms with Gasteiger partial charge >= 0.3 is 0 Å². The lowest BCUT2D eigenvalue weighted by Gasteiger charge is -2.04. The fourth-order valence-corrected chi connectivity index (χ4v) is 1.58. The summed E-state index contributed by atoms with van der Waals surface area (Å²) in [6.45, 7) is 0.519. The number of benzene rings is 1. The van der Waals surface area contributed by atoms with E-state index in [2.05, 4.69) is 26.2 Å². The van der Waals surface area contributed by atoms with Crippen molar-refractivity contribution in [3.8, 4) is 5.75 Å². The van der Waals surface area contributed by atoms with Gasteiger partial charge in [0.15, 0.2) is 0 Å². The Morgan fingerprint density at radius 1 is 1.43 bits per heavy atom. The first-order valence-electron chi connectivity index (χ1n) is 4.07. The van der Waals surface area contributed by atoms with E-state index in [-0.39, 0.29) is 5.75 Å². The molecule has 0 atom stereocenters. The number of aromatic nitrogens is 3. The SMILES string of the molecule is Oc1ccc(Br)cc1Cn1ccnn1. The van der Waals surface area contributed by atoms with Crippen LogP contribution in [0.15, 0.2) is 35.1 Å². The second-order valence-electron chi connectivity index (χ2n) is 2.87. The van der Waals surface area contributed by atoms with E-state index in [0.29, 0.717) is 6.54 Å². The molecule has 2 rings (SSSR count). The maximum Gasteiger partial charge on any atom is 0.120 e. The molecule has 0 unspecified atom stereocenters. The predicted octanol–water partition coefficient (Wildman–Crippen LogP) is 1.79. The van der Waals surface area contributed by atoms with Crippen molar-refractivity contribution in [1.29, 1.82) is 0 Å². The van der Waals surface area contributed by atoms with Gasteiger partial charge in [0.25, 0.3) is 0 Å². The van der Waals surface area contributed by atoms with Gasteiger partial charge in [0, 0.05) is 16.2 Å². The van der Waals surface area contributed by atoms with E-state index in [1.165, 1.54) is 0 Å². The maximum atomic E-state index is 9.55. The van der Waals surface area contributed by atoms with Gasteiger partial charge in [-0.05, 0) is 18.2 Å². The minimum Gasteiger partial charge on any atom is -0.508 e. The van der Waals surface area contributed by atoms with E-state index in [4.69, 9.17) is 0 Å². The molecule has 0 bridgehead atoms. The van der Waals surface area contributed by atoms with Crippen LogP contribution in [-0.4, -0.2) is 20.1 Å². The number of aromatic hydroxyl groups is 1. The van der Waals surface area contributed by atoms with Crippen molar-refractivity contribution in [1.82, 2.24) is 15.0 Å². The molecule has 0 radical (unpaired) electrons. The van der Waals surface area contributed by atoms with E-state index in [1.54, 1.807) is 29.2 Å². The van der Waals surface area contributed by atoms with Crippen LogP contribution < -0.4 is 0 Å². The first kappa shape index (κ1) is 9.21. The molecular formula is C9H8BrN3O. The topological polar surface area (TPSA) is 50.9 Å². The van der Waals surface area contributed by atoms with Crippen LogP contribution in [0.25, 0.3) is 0 Å². The monoisotopic (exact) mass is 253 g/mol. The summed E-state index contributed by atoms with van der Waals surface area (Å²) in [5, 5.41) is 17.1. The molecule has 2 aromatic rings. The van der Waals surface area contributed by atoms with E-state index in [1.807, 2.05) is 6.07 Å². The van der Waals surface area contributed by atoms with Crippen LogP contribution >= 0.6 is 15.9 Å². The molecule has 0 saturated carbocycles. The number of hydrogen-bond acceptors (Lipinski definition) is 3. The Morgan fingerprint density at radius 3 is 3.00 bits per heavy atom. The van der Waals surface area contributed by atoms with Crippen molar-refractivity contribution >= 4 is 15.9 Å². The minimum atomic E-state index is 0.267. The standard InChI is InChI=1S/C9H8BrN3O/c10-8-1-2-9(14)7(5-8)6-13-4-3-11-12-13/h1-5,14H,6H2. The van der Waals surface area contributed by atoms with Gasteiger partial charge < -0.3 is 5.11 Å². The second kappa shape index (κ2) is 3.79. The summed E-state index contributed by atoms with van der Waals surface area (Å²) < 4.78 is 2.59. The number of hydrogen-bond donors (Lipinski definition) is 1. The fraction of sp³-hybridized carbons (Fsp3) is 0.111. The third-order valence-electron chi connectivity index (χ3n) is 1.85. The normalized spacial score (nSPS) is 10.4. The molecule has 1 aromatic carbocycles. The third kappa shape index (κ3) is 1.93. The van der Waals surface area contributed by atoms with Crippen molar-refractivity contribution in [2.45, 2.75) is 6.54 Å². The average Bonchev–Trinajstić information content (AvgIpc) is 2.64. The number of phenols is 1. The lowest BCUT2D eigenvalue weighted by Crippen LogP contribution is -2.00. The van der Waals surface area contributed by atoms with Crippen LogP contribution in [0.2, 0.25) is 0 Å². The van der Waals surface area contributed by atoms with Gasteiger partial charge in [-0.1, -0.05) is 21.1 Å². The zero-order valence-electron chi connectivity index (χ0n) is 7.26. The van der Waals surface area contributed by atoms with E-state index in [0.717, 1.165) is 10.0 Å². The summed E-state index contributed by atoms with van der Waals surface area (Å²) in [5.41, 5.74) is 0.810. The van der Waals surface area contributed by atoms with Crippen LogP contribution in [0.1, 0.15) is 5.56 Å². The van der Waals surface area contributed by atoms with Crippen LogP contribution in [-0.2, 0) is 6.54 Å². The Morgan fingerprint density at radius 2 is 2.29 bits per heavy atom. The number of halogens is 1. The molecular weight excluding hydrogens is 246 g/mol. The first-order chi connectivity index (χ1) is 6.75. The Hall–Kier alpha value is -1.36. The van der Waals surface area contributed by atoms with Crippen molar-refractivity contribution in [2.24, 2.45) is 0 Å². The highest BCUT2D eigenvalue weighted by molar-refractivity contribution is 9.10. The molecule has 1 heterocycles. The Bertz CT molecular complexity index is 428. The van der Waals surface area contributed by atoms with Crippen molar-refractivity contribution in [3.63, 3.8) is 0 Å². The van der Waals surface area contributed by atoms with Crippen molar-refractivity contribution < 1.29 is 5.11 Å². The lowest BCUT2D eigenvalue weighted by molar-refractivity contribution is 0.463. The molecule has 14 heavy (non-hydrogen) atoms. The lowest BCUT2D eigenvalue weighted by atomic mass is 10.2. The zero-order valence-corrected chi connectivity index (χ0v) is 8.85. The number of nitrogens with zero attached hydrogens (tertiary/aromatic N) is 3. The van der Waals surface area contributed by atoms with Gasteiger partial charge in [-0.3, -0.25) is 0 Å². The van der Waals surface area contributed by atoms with Crippen molar-refractivity contribution in [2.75, 3.05) is 0 Å². The molecule has 0 aliphatic heterocycles. The molecule has 1 aromatic heterocycles. The highest BCUT2D eigenvalue weighted by Crippen LogP contribution is 2.22. The molecule has 72 valence electrons. The quantitative estimate of drug-likeness (QED) is 0.888. The molecule has 0 fully saturated rings.